The Balaban J connectivity index is 0.00000208. The third kappa shape index (κ3) is 7.06. The molecule has 2 N–H and O–H groups in total. The molecule has 1 aromatic rings. The van der Waals surface area contributed by atoms with Crippen LogP contribution < -0.4 is 15.5 Å². The van der Waals surface area contributed by atoms with Gasteiger partial charge in [0, 0.05) is 52.0 Å². The Morgan fingerprint density at radius 1 is 1.27 bits per heavy atom. The molecule has 0 saturated carbocycles. The molecule has 3 heterocycles. The van der Waals surface area contributed by atoms with Crippen molar-refractivity contribution in [3.8, 4) is 0 Å². The van der Waals surface area contributed by atoms with Crippen LogP contribution in [-0.4, -0.2) is 74.8 Å². The summed E-state index contributed by atoms with van der Waals surface area (Å²) in [5.74, 6) is 0.938. The number of nitrogens with one attached hydrogen (secondary N) is 2. The highest BCUT2D eigenvalue weighted by Gasteiger charge is 2.21. The highest BCUT2D eigenvalue weighted by molar-refractivity contribution is 5.86. The number of halogens is 3. The first-order valence-electron chi connectivity index (χ1n) is 8.21. The van der Waals surface area contributed by atoms with Crippen LogP contribution in [0.4, 0.5) is 5.82 Å². The van der Waals surface area contributed by atoms with Crippen LogP contribution in [0.2, 0.25) is 0 Å². The minimum absolute atomic E-state index is 0. The van der Waals surface area contributed by atoms with E-state index in [4.69, 9.17) is 4.74 Å². The van der Waals surface area contributed by atoms with Crippen molar-refractivity contribution in [2.45, 2.75) is 12.6 Å². The van der Waals surface area contributed by atoms with Gasteiger partial charge in [0.05, 0.1) is 6.61 Å². The van der Waals surface area contributed by atoms with Crippen LogP contribution in [0.1, 0.15) is 5.56 Å². The fourth-order valence-electron chi connectivity index (χ4n) is 2.78. The second-order valence-corrected chi connectivity index (χ2v) is 6.10. The second-order valence-electron chi connectivity index (χ2n) is 6.10. The number of carbonyl (C=O) groups excluding carboxylic acids is 1. The van der Waals surface area contributed by atoms with Crippen molar-refractivity contribution in [2.24, 2.45) is 0 Å². The maximum Gasteiger partial charge on any atom is 0.250 e. The van der Waals surface area contributed by atoms with E-state index in [1.807, 2.05) is 18.3 Å². The van der Waals surface area contributed by atoms with E-state index in [1.54, 1.807) is 0 Å². The number of nitrogens with zero attached hydrogens (tertiary/aromatic N) is 3. The van der Waals surface area contributed by atoms with Gasteiger partial charge in [0.15, 0.2) is 0 Å². The topological polar surface area (TPSA) is 69.7 Å². The molecular weight excluding hydrogens is 401 g/mol. The molecule has 7 nitrogen and oxygen atoms in total. The molecule has 0 aliphatic carbocycles. The van der Waals surface area contributed by atoms with Gasteiger partial charge in [-0.2, -0.15) is 0 Å². The number of hydrogen-bond donors (Lipinski definition) is 2. The molecule has 150 valence electrons. The lowest BCUT2D eigenvalue weighted by Crippen LogP contribution is -2.47. The Morgan fingerprint density at radius 2 is 2.00 bits per heavy atom. The highest BCUT2D eigenvalue weighted by Crippen LogP contribution is 2.13. The fourth-order valence-corrected chi connectivity index (χ4v) is 2.78. The Bertz CT molecular complexity index is 521. The molecule has 2 fully saturated rings. The molecule has 0 bridgehead atoms. The summed E-state index contributed by atoms with van der Waals surface area (Å²) in [5.41, 5.74) is 1.000. The van der Waals surface area contributed by atoms with Crippen LogP contribution in [-0.2, 0) is 16.1 Å². The number of ether oxygens (including phenoxy) is 1. The van der Waals surface area contributed by atoms with Crippen molar-refractivity contribution < 1.29 is 9.53 Å². The molecule has 0 spiro atoms. The van der Waals surface area contributed by atoms with Crippen LogP contribution in [0.15, 0.2) is 18.3 Å². The summed E-state index contributed by atoms with van der Waals surface area (Å²) in [4.78, 5) is 21.2. The first-order valence-corrected chi connectivity index (χ1v) is 8.21. The van der Waals surface area contributed by atoms with E-state index in [9.17, 15) is 4.79 Å². The van der Waals surface area contributed by atoms with Gasteiger partial charge in [0.25, 0.3) is 5.91 Å². The number of anilines is 1. The van der Waals surface area contributed by atoms with Crippen molar-refractivity contribution in [3.05, 3.63) is 23.9 Å². The molecule has 26 heavy (non-hydrogen) atoms. The molecular formula is C16H28Cl3N5O2. The molecule has 3 rings (SSSR count). The number of carbonyl (C=O) groups is 1. The van der Waals surface area contributed by atoms with Crippen LogP contribution >= 0.6 is 37.2 Å². The molecule has 0 aromatic carbocycles. The number of aromatic nitrogens is 1. The summed E-state index contributed by atoms with van der Waals surface area (Å²) >= 11 is 0. The van der Waals surface area contributed by atoms with E-state index in [1.165, 1.54) is 0 Å². The predicted molar refractivity (Wildman–Crippen MR) is 110 cm³/mol. The van der Waals surface area contributed by atoms with Gasteiger partial charge in [0.2, 0.25) is 0 Å². The van der Waals surface area contributed by atoms with Crippen LogP contribution in [0.5, 0.6) is 0 Å². The highest BCUT2D eigenvalue weighted by atomic mass is 35.5. The number of likely N-dealkylation sites (N-methyl/N-ethyl adjacent to an activating group) is 1. The first kappa shape index (κ1) is 25.2. The number of piperazine rings is 1. The normalized spacial score (nSPS) is 20.2. The van der Waals surface area contributed by atoms with Gasteiger partial charge >= 0.3 is 0 Å². The van der Waals surface area contributed by atoms with Gasteiger partial charge in [-0.3, -0.25) is 4.79 Å². The van der Waals surface area contributed by atoms with Crippen molar-refractivity contribution in [3.63, 3.8) is 0 Å². The molecule has 1 atom stereocenters. The molecule has 2 aliphatic heterocycles. The average Bonchev–Trinajstić information content (AvgIpc) is 2.61. The summed E-state index contributed by atoms with van der Waals surface area (Å²) in [6.45, 7) is 6.59. The van der Waals surface area contributed by atoms with E-state index in [0.717, 1.165) is 44.1 Å². The minimum atomic E-state index is -0.388. The van der Waals surface area contributed by atoms with Gasteiger partial charge in [-0.05, 0) is 18.7 Å². The van der Waals surface area contributed by atoms with Gasteiger partial charge < -0.3 is 25.2 Å². The Morgan fingerprint density at radius 3 is 2.58 bits per heavy atom. The molecule has 1 amide bonds. The zero-order valence-corrected chi connectivity index (χ0v) is 17.3. The summed E-state index contributed by atoms with van der Waals surface area (Å²) in [5, 5.41) is 6.06. The van der Waals surface area contributed by atoms with Crippen molar-refractivity contribution in [1.29, 1.82) is 0 Å². The van der Waals surface area contributed by atoms with Gasteiger partial charge in [-0.1, -0.05) is 6.07 Å². The smallest absolute Gasteiger partial charge is 0.250 e. The van der Waals surface area contributed by atoms with Gasteiger partial charge in [0.1, 0.15) is 11.9 Å². The number of amides is 1. The van der Waals surface area contributed by atoms with Gasteiger partial charge in [-0.15, -0.1) is 37.2 Å². The van der Waals surface area contributed by atoms with E-state index in [-0.39, 0.29) is 49.2 Å². The van der Waals surface area contributed by atoms with E-state index in [2.05, 4.69) is 32.5 Å². The molecule has 1 aromatic heterocycles. The maximum absolute atomic E-state index is 12.0. The Kier molecular flexibility index (Phi) is 12.1. The van der Waals surface area contributed by atoms with Crippen molar-refractivity contribution in [2.75, 3.05) is 57.8 Å². The zero-order valence-electron chi connectivity index (χ0n) is 14.8. The Hall–Kier alpha value is -0.830. The number of hydrogen-bond acceptors (Lipinski definition) is 6. The standard InChI is InChI=1S/C16H25N5O2.3ClH/c1-20-5-7-21(8-6-20)15-3-2-13(10-18-15)11-19-16(22)14-12-17-4-9-23-14;;;/h2-3,10,14,17H,4-9,11-12H2,1H3,(H,19,22);3*1H. The third-order valence-electron chi connectivity index (χ3n) is 4.32. The Labute approximate surface area is 173 Å². The first-order chi connectivity index (χ1) is 11.2. The van der Waals surface area contributed by atoms with Crippen LogP contribution in [0.3, 0.4) is 0 Å². The third-order valence-corrected chi connectivity index (χ3v) is 4.32. The second kappa shape index (κ2) is 12.5. The summed E-state index contributed by atoms with van der Waals surface area (Å²) in [6, 6.07) is 4.06. The predicted octanol–water partition coefficient (Wildman–Crippen LogP) is 0.703. The number of morpholine rings is 1. The van der Waals surface area contributed by atoms with Gasteiger partial charge in [-0.25, -0.2) is 4.98 Å². The van der Waals surface area contributed by atoms with E-state index in [0.29, 0.717) is 19.7 Å². The largest absolute Gasteiger partial charge is 0.366 e. The zero-order chi connectivity index (χ0) is 16.1. The molecule has 2 saturated heterocycles. The summed E-state index contributed by atoms with van der Waals surface area (Å²) < 4.78 is 5.43. The molecule has 0 radical (unpaired) electrons. The molecule has 10 heteroatoms. The van der Waals surface area contributed by atoms with Crippen molar-refractivity contribution in [1.82, 2.24) is 20.5 Å². The molecule has 1 unspecified atom stereocenters. The van der Waals surface area contributed by atoms with Crippen LogP contribution in [0, 0.1) is 0 Å². The minimum Gasteiger partial charge on any atom is -0.366 e. The molecule has 2 aliphatic rings. The number of rotatable bonds is 4. The fraction of sp³-hybridized carbons (Fsp3) is 0.625. The van der Waals surface area contributed by atoms with Crippen molar-refractivity contribution >= 4 is 48.9 Å². The lowest BCUT2D eigenvalue weighted by molar-refractivity contribution is -0.134. The average molecular weight is 429 g/mol. The maximum atomic E-state index is 12.0. The lowest BCUT2D eigenvalue weighted by atomic mass is 10.2. The quantitative estimate of drug-likeness (QED) is 0.736. The SMILES string of the molecule is CN1CCN(c2ccc(CNC(=O)C3CNCCO3)cn2)CC1.Cl.Cl.Cl. The lowest BCUT2D eigenvalue weighted by Gasteiger charge is -2.33. The van der Waals surface area contributed by atoms with E-state index >= 15 is 0 Å². The van der Waals surface area contributed by atoms with Crippen LogP contribution in [0.25, 0.3) is 0 Å². The number of pyridine rings is 1. The summed E-state index contributed by atoms with van der Waals surface area (Å²) in [6.07, 6.45) is 1.45. The summed E-state index contributed by atoms with van der Waals surface area (Å²) in [7, 11) is 2.14. The van der Waals surface area contributed by atoms with E-state index < -0.39 is 0 Å². The monoisotopic (exact) mass is 427 g/mol.